The van der Waals surface area contributed by atoms with E-state index in [-0.39, 0.29) is 6.10 Å². The second kappa shape index (κ2) is 3.79. The van der Waals surface area contributed by atoms with Crippen molar-refractivity contribution in [2.75, 3.05) is 12.3 Å². The van der Waals surface area contributed by atoms with Gasteiger partial charge < -0.3 is 10.5 Å². The van der Waals surface area contributed by atoms with Crippen molar-refractivity contribution in [2.24, 2.45) is 0 Å². The standard InChI is InChI=1S/C9H14ClN3O/c1-6-8(10)9(11)13(12-6)5-7-3-2-4-14-7/h7H,2-5,11H2,1H3. The molecule has 1 aromatic rings. The Balaban J connectivity index is 2.12. The molecule has 2 rings (SSSR count). The Morgan fingerprint density at radius 1 is 1.71 bits per heavy atom. The Labute approximate surface area is 88.0 Å². The van der Waals surface area contributed by atoms with E-state index >= 15 is 0 Å². The van der Waals surface area contributed by atoms with Crippen LogP contribution in [0.25, 0.3) is 0 Å². The number of hydrogen-bond acceptors (Lipinski definition) is 3. The number of nitrogens with zero attached hydrogens (tertiary/aromatic N) is 2. The molecule has 5 heteroatoms. The maximum atomic E-state index is 5.93. The molecule has 1 fully saturated rings. The lowest BCUT2D eigenvalue weighted by molar-refractivity contribution is 0.0945. The lowest BCUT2D eigenvalue weighted by Gasteiger charge is -2.10. The summed E-state index contributed by atoms with van der Waals surface area (Å²) in [5.74, 6) is 0.541. The number of nitrogens with two attached hydrogens (primary N) is 1. The normalized spacial score (nSPS) is 21.7. The maximum absolute atomic E-state index is 5.93. The van der Waals surface area contributed by atoms with Crippen LogP contribution in [0.5, 0.6) is 0 Å². The van der Waals surface area contributed by atoms with Crippen molar-refractivity contribution in [3.63, 3.8) is 0 Å². The summed E-state index contributed by atoms with van der Waals surface area (Å²) >= 11 is 5.93. The number of hydrogen-bond donors (Lipinski definition) is 1. The number of halogens is 1. The zero-order chi connectivity index (χ0) is 10.1. The van der Waals surface area contributed by atoms with E-state index in [1.165, 1.54) is 0 Å². The number of aromatic nitrogens is 2. The van der Waals surface area contributed by atoms with E-state index in [0.717, 1.165) is 25.1 Å². The summed E-state index contributed by atoms with van der Waals surface area (Å²) in [5.41, 5.74) is 6.57. The third-order valence-electron chi connectivity index (χ3n) is 2.49. The molecule has 1 aliphatic heterocycles. The first kappa shape index (κ1) is 9.80. The molecule has 1 aromatic heterocycles. The molecule has 1 saturated heterocycles. The number of aryl methyl sites for hydroxylation is 1. The Bertz CT molecular complexity index is 331. The van der Waals surface area contributed by atoms with Gasteiger partial charge in [-0.15, -0.1) is 0 Å². The molecule has 2 heterocycles. The second-order valence-electron chi connectivity index (χ2n) is 3.60. The maximum Gasteiger partial charge on any atom is 0.140 e. The molecule has 1 unspecified atom stereocenters. The van der Waals surface area contributed by atoms with E-state index in [9.17, 15) is 0 Å². The van der Waals surface area contributed by atoms with E-state index in [0.29, 0.717) is 17.4 Å². The van der Waals surface area contributed by atoms with Crippen LogP contribution in [-0.2, 0) is 11.3 Å². The molecule has 0 saturated carbocycles. The largest absolute Gasteiger partial charge is 0.383 e. The SMILES string of the molecule is Cc1nn(CC2CCCO2)c(N)c1Cl. The van der Waals surface area contributed by atoms with Gasteiger partial charge in [0.15, 0.2) is 0 Å². The van der Waals surface area contributed by atoms with Crippen LogP contribution in [0, 0.1) is 6.92 Å². The predicted molar refractivity (Wildman–Crippen MR) is 55.4 cm³/mol. The van der Waals surface area contributed by atoms with E-state index in [4.69, 9.17) is 22.1 Å². The quantitative estimate of drug-likeness (QED) is 0.816. The highest BCUT2D eigenvalue weighted by molar-refractivity contribution is 6.33. The molecular weight excluding hydrogens is 202 g/mol. The van der Waals surface area contributed by atoms with Crippen LogP contribution in [0.4, 0.5) is 5.82 Å². The zero-order valence-corrected chi connectivity index (χ0v) is 8.92. The van der Waals surface area contributed by atoms with Crippen molar-refractivity contribution in [3.8, 4) is 0 Å². The average molecular weight is 216 g/mol. The van der Waals surface area contributed by atoms with Gasteiger partial charge in [-0.2, -0.15) is 5.10 Å². The van der Waals surface area contributed by atoms with Crippen molar-refractivity contribution in [2.45, 2.75) is 32.4 Å². The van der Waals surface area contributed by atoms with Crippen molar-refractivity contribution in [1.82, 2.24) is 9.78 Å². The lowest BCUT2D eigenvalue weighted by atomic mass is 10.2. The van der Waals surface area contributed by atoms with E-state index in [2.05, 4.69) is 5.10 Å². The monoisotopic (exact) mass is 215 g/mol. The molecule has 14 heavy (non-hydrogen) atoms. The minimum atomic E-state index is 0.243. The molecule has 2 N–H and O–H groups in total. The second-order valence-corrected chi connectivity index (χ2v) is 3.98. The molecule has 0 aliphatic carbocycles. The smallest absolute Gasteiger partial charge is 0.140 e. The highest BCUT2D eigenvalue weighted by Gasteiger charge is 2.19. The van der Waals surface area contributed by atoms with Gasteiger partial charge in [0.25, 0.3) is 0 Å². The first-order valence-electron chi connectivity index (χ1n) is 4.78. The molecule has 1 aliphatic rings. The van der Waals surface area contributed by atoms with E-state index in [1.54, 1.807) is 4.68 Å². The molecule has 0 radical (unpaired) electrons. The first-order chi connectivity index (χ1) is 6.68. The fourth-order valence-electron chi connectivity index (χ4n) is 1.70. The van der Waals surface area contributed by atoms with Gasteiger partial charge >= 0.3 is 0 Å². The summed E-state index contributed by atoms with van der Waals surface area (Å²) in [7, 11) is 0. The summed E-state index contributed by atoms with van der Waals surface area (Å²) in [6.45, 7) is 3.41. The summed E-state index contributed by atoms with van der Waals surface area (Å²) in [6, 6.07) is 0. The van der Waals surface area contributed by atoms with Crippen LogP contribution >= 0.6 is 11.6 Å². The molecule has 0 aromatic carbocycles. The minimum absolute atomic E-state index is 0.243. The van der Waals surface area contributed by atoms with Crippen LogP contribution in [0.3, 0.4) is 0 Å². The van der Waals surface area contributed by atoms with Gasteiger partial charge in [0.2, 0.25) is 0 Å². The molecule has 0 bridgehead atoms. The highest BCUT2D eigenvalue weighted by Crippen LogP contribution is 2.23. The van der Waals surface area contributed by atoms with E-state index < -0.39 is 0 Å². The van der Waals surface area contributed by atoms with Crippen LogP contribution < -0.4 is 5.73 Å². The molecule has 78 valence electrons. The first-order valence-corrected chi connectivity index (χ1v) is 5.16. The molecule has 0 amide bonds. The summed E-state index contributed by atoms with van der Waals surface area (Å²) in [4.78, 5) is 0. The van der Waals surface area contributed by atoms with Gasteiger partial charge in [-0.1, -0.05) is 11.6 Å². The fraction of sp³-hybridized carbons (Fsp3) is 0.667. The Morgan fingerprint density at radius 2 is 2.50 bits per heavy atom. The number of rotatable bonds is 2. The molecule has 4 nitrogen and oxygen atoms in total. The zero-order valence-electron chi connectivity index (χ0n) is 8.16. The fourth-order valence-corrected chi connectivity index (χ4v) is 1.83. The average Bonchev–Trinajstić information content (AvgIpc) is 2.73. The molecular formula is C9H14ClN3O. The Hall–Kier alpha value is -0.740. The molecule has 1 atom stereocenters. The summed E-state index contributed by atoms with van der Waals surface area (Å²) in [5, 5.41) is 4.81. The topological polar surface area (TPSA) is 53.1 Å². The molecule has 0 spiro atoms. The third-order valence-corrected chi connectivity index (χ3v) is 2.96. The number of nitrogen functional groups attached to an aromatic ring is 1. The highest BCUT2D eigenvalue weighted by atomic mass is 35.5. The Morgan fingerprint density at radius 3 is 3.00 bits per heavy atom. The summed E-state index contributed by atoms with van der Waals surface area (Å²) < 4.78 is 7.23. The van der Waals surface area contributed by atoms with Gasteiger partial charge in [-0.05, 0) is 19.8 Å². The van der Waals surface area contributed by atoms with Gasteiger partial charge in [0.1, 0.15) is 10.8 Å². The van der Waals surface area contributed by atoms with Crippen molar-refractivity contribution >= 4 is 17.4 Å². The van der Waals surface area contributed by atoms with Gasteiger partial charge in [0, 0.05) is 6.61 Å². The van der Waals surface area contributed by atoms with Gasteiger partial charge in [0.05, 0.1) is 18.3 Å². The van der Waals surface area contributed by atoms with E-state index in [1.807, 2.05) is 6.92 Å². The van der Waals surface area contributed by atoms with Gasteiger partial charge in [-0.3, -0.25) is 0 Å². The third kappa shape index (κ3) is 1.72. The van der Waals surface area contributed by atoms with Crippen LogP contribution in [0.1, 0.15) is 18.5 Å². The lowest BCUT2D eigenvalue weighted by Crippen LogP contribution is -2.17. The van der Waals surface area contributed by atoms with Gasteiger partial charge in [-0.25, -0.2) is 4.68 Å². The minimum Gasteiger partial charge on any atom is -0.383 e. The number of anilines is 1. The summed E-state index contributed by atoms with van der Waals surface area (Å²) in [6.07, 6.45) is 2.45. The predicted octanol–water partition coefficient (Wildman–Crippen LogP) is 1.61. The Kier molecular flexibility index (Phi) is 2.65. The van der Waals surface area contributed by atoms with Crippen LogP contribution in [-0.4, -0.2) is 22.5 Å². The van der Waals surface area contributed by atoms with Crippen LogP contribution in [0.2, 0.25) is 5.02 Å². The van der Waals surface area contributed by atoms with Crippen LogP contribution in [0.15, 0.2) is 0 Å². The van der Waals surface area contributed by atoms with Crippen molar-refractivity contribution in [1.29, 1.82) is 0 Å². The van der Waals surface area contributed by atoms with Crippen molar-refractivity contribution < 1.29 is 4.74 Å². The number of ether oxygens (including phenoxy) is 1. The van der Waals surface area contributed by atoms with Crippen molar-refractivity contribution in [3.05, 3.63) is 10.7 Å².